The second kappa shape index (κ2) is 6.81. The smallest absolute Gasteiger partial charge is 0.233 e. The predicted octanol–water partition coefficient (Wildman–Crippen LogP) is 2.85. The molecule has 1 unspecified atom stereocenters. The van der Waals surface area contributed by atoms with Crippen LogP contribution in [0.25, 0.3) is 0 Å². The van der Waals surface area contributed by atoms with E-state index in [9.17, 15) is 4.79 Å². The van der Waals surface area contributed by atoms with Crippen molar-refractivity contribution in [2.75, 3.05) is 6.54 Å². The SMILES string of the molecule is Cc1nnc(SC2CCCCNC2=O)n1C1CCCCC1. The normalized spacial score (nSPS) is 24.6. The quantitative estimate of drug-likeness (QED) is 0.933. The summed E-state index contributed by atoms with van der Waals surface area (Å²) in [6, 6.07) is 0.519. The van der Waals surface area contributed by atoms with Gasteiger partial charge in [-0.1, -0.05) is 37.4 Å². The van der Waals surface area contributed by atoms with Crippen molar-refractivity contribution in [1.82, 2.24) is 20.1 Å². The zero-order valence-corrected chi connectivity index (χ0v) is 13.5. The molecule has 1 atom stereocenters. The van der Waals surface area contributed by atoms with Crippen molar-refractivity contribution in [3.8, 4) is 0 Å². The number of thioether (sulfide) groups is 1. The lowest BCUT2D eigenvalue weighted by molar-refractivity contribution is -0.120. The Bertz CT molecular complexity index is 496. The van der Waals surface area contributed by atoms with Gasteiger partial charge in [0.1, 0.15) is 5.82 Å². The molecular weight excluding hydrogens is 284 g/mol. The molecule has 1 amide bonds. The summed E-state index contributed by atoms with van der Waals surface area (Å²) in [4.78, 5) is 12.1. The molecule has 0 bridgehead atoms. The molecule has 1 aliphatic carbocycles. The molecular formula is C15H24N4OS. The molecule has 0 radical (unpaired) electrons. The molecule has 6 heteroatoms. The number of hydrogen-bond donors (Lipinski definition) is 1. The fraction of sp³-hybridized carbons (Fsp3) is 0.800. The van der Waals surface area contributed by atoms with E-state index in [1.165, 1.54) is 32.1 Å². The second-order valence-electron chi connectivity index (χ2n) is 6.08. The highest BCUT2D eigenvalue weighted by Gasteiger charge is 2.27. The lowest BCUT2D eigenvalue weighted by atomic mass is 9.95. The first-order chi connectivity index (χ1) is 10.3. The molecule has 2 fully saturated rings. The van der Waals surface area contributed by atoms with E-state index >= 15 is 0 Å². The molecule has 1 N–H and O–H groups in total. The summed E-state index contributed by atoms with van der Waals surface area (Å²) in [5, 5.41) is 12.5. The minimum atomic E-state index is -0.0153. The summed E-state index contributed by atoms with van der Waals surface area (Å²) < 4.78 is 2.28. The van der Waals surface area contributed by atoms with Gasteiger partial charge in [0.05, 0.1) is 5.25 Å². The minimum Gasteiger partial charge on any atom is -0.355 e. The fourth-order valence-corrected chi connectivity index (χ4v) is 4.55. The third-order valence-electron chi connectivity index (χ3n) is 4.51. The van der Waals surface area contributed by atoms with Crippen LogP contribution in [0, 0.1) is 6.92 Å². The van der Waals surface area contributed by atoms with Gasteiger partial charge in [-0.15, -0.1) is 10.2 Å². The first kappa shape index (κ1) is 14.9. The molecule has 1 saturated carbocycles. The average molecular weight is 308 g/mol. The van der Waals surface area contributed by atoms with Gasteiger partial charge in [-0.2, -0.15) is 0 Å². The van der Waals surface area contributed by atoms with E-state index in [2.05, 4.69) is 20.1 Å². The van der Waals surface area contributed by atoms with E-state index in [-0.39, 0.29) is 11.2 Å². The standard InChI is InChI=1S/C15H24N4OS/c1-11-17-18-15(19(11)12-7-3-2-4-8-12)21-13-9-5-6-10-16-14(13)20/h12-13H,2-10H2,1H3,(H,16,20). The van der Waals surface area contributed by atoms with Crippen molar-refractivity contribution >= 4 is 17.7 Å². The highest BCUT2D eigenvalue weighted by molar-refractivity contribution is 8.00. The molecule has 1 aromatic rings. The van der Waals surface area contributed by atoms with Crippen molar-refractivity contribution in [1.29, 1.82) is 0 Å². The van der Waals surface area contributed by atoms with E-state index in [1.807, 2.05) is 6.92 Å². The van der Waals surface area contributed by atoms with Crippen LogP contribution in [-0.2, 0) is 4.79 Å². The first-order valence-corrected chi connectivity index (χ1v) is 8.99. The number of aromatic nitrogens is 3. The summed E-state index contributed by atoms with van der Waals surface area (Å²) in [5.74, 6) is 1.15. The van der Waals surface area contributed by atoms with Crippen molar-refractivity contribution in [3.63, 3.8) is 0 Å². The number of rotatable bonds is 3. The Labute approximate surface area is 130 Å². The number of nitrogens with one attached hydrogen (secondary N) is 1. The molecule has 5 nitrogen and oxygen atoms in total. The number of carbonyl (C=O) groups excluding carboxylic acids is 1. The fourth-order valence-electron chi connectivity index (χ4n) is 3.34. The van der Waals surface area contributed by atoms with E-state index in [1.54, 1.807) is 11.8 Å². The Morgan fingerprint density at radius 2 is 1.86 bits per heavy atom. The number of carbonyl (C=O) groups is 1. The van der Waals surface area contributed by atoms with Crippen LogP contribution in [0.2, 0.25) is 0 Å². The molecule has 1 saturated heterocycles. The Morgan fingerprint density at radius 1 is 1.10 bits per heavy atom. The van der Waals surface area contributed by atoms with Crippen LogP contribution < -0.4 is 5.32 Å². The van der Waals surface area contributed by atoms with Crippen LogP contribution >= 0.6 is 11.8 Å². The monoisotopic (exact) mass is 308 g/mol. The van der Waals surface area contributed by atoms with Gasteiger partial charge < -0.3 is 9.88 Å². The maximum absolute atomic E-state index is 12.1. The largest absolute Gasteiger partial charge is 0.355 e. The van der Waals surface area contributed by atoms with Crippen LogP contribution in [-0.4, -0.2) is 32.5 Å². The molecule has 1 aromatic heterocycles. The molecule has 3 rings (SSSR count). The van der Waals surface area contributed by atoms with Crippen LogP contribution in [0.3, 0.4) is 0 Å². The summed E-state index contributed by atoms with van der Waals surface area (Å²) in [6.07, 6.45) is 9.46. The maximum Gasteiger partial charge on any atom is 0.233 e. The van der Waals surface area contributed by atoms with Crippen molar-refractivity contribution in [2.45, 2.75) is 74.7 Å². The van der Waals surface area contributed by atoms with Gasteiger partial charge >= 0.3 is 0 Å². The van der Waals surface area contributed by atoms with Crippen LogP contribution in [0.15, 0.2) is 5.16 Å². The summed E-state index contributed by atoms with van der Waals surface area (Å²) in [7, 11) is 0. The highest BCUT2D eigenvalue weighted by atomic mass is 32.2. The lowest BCUT2D eigenvalue weighted by Gasteiger charge is -2.25. The predicted molar refractivity (Wildman–Crippen MR) is 83.4 cm³/mol. The second-order valence-corrected chi connectivity index (χ2v) is 7.25. The zero-order valence-electron chi connectivity index (χ0n) is 12.7. The van der Waals surface area contributed by atoms with Gasteiger partial charge in [0.2, 0.25) is 5.91 Å². The minimum absolute atomic E-state index is 0.0153. The number of nitrogens with zero attached hydrogens (tertiary/aromatic N) is 3. The summed E-state index contributed by atoms with van der Waals surface area (Å²) in [6.45, 7) is 2.84. The van der Waals surface area contributed by atoms with Gasteiger partial charge in [-0.05, 0) is 32.6 Å². The number of aryl methyl sites for hydroxylation is 1. The van der Waals surface area contributed by atoms with Gasteiger partial charge in [-0.3, -0.25) is 4.79 Å². The maximum atomic E-state index is 12.1. The lowest BCUT2D eigenvalue weighted by Crippen LogP contribution is -2.31. The molecule has 21 heavy (non-hydrogen) atoms. The van der Waals surface area contributed by atoms with Crippen molar-refractivity contribution in [3.05, 3.63) is 5.82 Å². The molecule has 0 aromatic carbocycles. The van der Waals surface area contributed by atoms with E-state index in [4.69, 9.17) is 0 Å². The highest BCUT2D eigenvalue weighted by Crippen LogP contribution is 2.34. The van der Waals surface area contributed by atoms with Crippen LogP contribution in [0.5, 0.6) is 0 Å². The molecule has 0 spiro atoms. The summed E-state index contributed by atoms with van der Waals surface area (Å²) in [5.41, 5.74) is 0. The Hall–Kier alpha value is -1.04. The van der Waals surface area contributed by atoms with Gasteiger partial charge in [0, 0.05) is 12.6 Å². The summed E-state index contributed by atoms with van der Waals surface area (Å²) >= 11 is 1.60. The number of amides is 1. The third kappa shape index (κ3) is 3.42. The topological polar surface area (TPSA) is 59.8 Å². The number of hydrogen-bond acceptors (Lipinski definition) is 4. The van der Waals surface area contributed by atoms with Crippen molar-refractivity contribution < 1.29 is 4.79 Å². The van der Waals surface area contributed by atoms with Gasteiger partial charge in [0.15, 0.2) is 5.16 Å². The van der Waals surface area contributed by atoms with Crippen LogP contribution in [0.4, 0.5) is 0 Å². The Kier molecular flexibility index (Phi) is 4.83. The molecule has 1 aliphatic heterocycles. The first-order valence-electron chi connectivity index (χ1n) is 8.11. The van der Waals surface area contributed by atoms with E-state index in [0.29, 0.717) is 6.04 Å². The molecule has 2 heterocycles. The van der Waals surface area contributed by atoms with Gasteiger partial charge in [-0.25, -0.2) is 0 Å². The van der Waals surface area contributed by atoms with E-state index < -0.39 is 0 Å². The Morgan fingerprint density at radius 3 is 2.67 bits per heavy atom. The van der Waals surface area contributed by atoms with Gasteiger partial charge in [0.25, 0.3) is 0 Å². The zero-order chi connectivity index (χ0) is 14.7. The molecule has 116 valence electrons. The average Bonchev–Trinajstić information content (AvgIpc) is 2.74. The van der Waals surface area contributed by atoms with E-state index in [0.717, 1.165) is 36.8 Å². The third-order valence-corrected chi connectivity index (χ3v) is 5.73. The van der Waals surface area contributed by atoms with Crippen LogP contribution in [0.1, 0.15) is 63.2 Å². The molecule has 2 aliphatic rings. The van der Waals surface area contributed by atoms with Crippen molar-refractivity contribution in [2.24, 2.45) is 0 Å². The Balaban J connectivity index is 1.77.